The zero-order valence-corrected chi connectivity index (χ0v) is 54.1. The standard InChI is InChI=1S/C69H88ClF2N13O7/c1-68(2,3)92-67(90)85-66(69(85)25-33-82(34-26-69)63-56-19-27-74-62(56)75-45-76-63)77-58(47-13-16-52(70)17-14-47)24-30-79-35-37-81(38-36-79)60(87)44-80-28-20-54(21-29-80)91-55-22-31-83(32-23-55)65(89)61(48-7-5-4-6-8-48)78-64(88)49-11-9-46(10-12-49)51-42-84(43-51)59(86)41-73-40-50-15-18-53(71)39-57(50)72/h9-19,27,39,45,48,51,54-55,58,61,73H,4-8,20-26,28-38,40-44H2,1-3H3,(H,78,88)(H,74,75,76)/t58?,61-,85?/m1/s1. The number of piperazine rings is 1. The summed E-state index contributed by atoms with van der Waals surface area (Å²) >= 11 is 6.40. The number of benzene rings is 3. The number of aliphatic imine (C=N–C) groups is 1. The number of carbonyl (C=O) groups is 5. The Morgan fingerprint density at radius 3 is 2.14 bits per heavy atom. The minimum Gasteiger partial charge on any atom is -0.443 e. The van der Waals surface area contributed by atoms with E-state index in [1.165, 1.54) is 12.1 Å². The van der Waals surface area contributed by atoms with Crippen LogP contribution in [0.5, 0.6) is 0 Å². The number of hydrogen-bond donors (Lipinski definition) is 3. The smallest absolute Gasteiger partial charge is 0.416 e. The van der Waals surface area contributed by atoms with Crippen molar-refractivity contribution in [2.45, 2.75) is 146 Å². The number of fused-ring (bicyclic) bond motifs is 1. The van der Waals surface area contributed by atoms with Gasteiger partial charge in [0.05, 0.1) is 36.7 Å². The molecule has 8 heterocycles. The topological polar surface area (TPSA) is 204 Å². The molecular weight excluding hydrogens is 1200 g/mol. The molecule has 6 aliphatic heterocycles. The molecule has 12 rings (SSSR count). The highest BCUT2D eigenvalue weighted by atomic mass is 35.5. The highest BCUT2D eigenvalue weighted by Crippen LogP contribution is 2.48. The summed E-state index contributed by atoms with van der Waals surface area (Å²) in [5, 5.41) is 7.74. The van der Waals surface area contributed by atoms with E-state index in [2.05, 4.69) is 40.3 Å². The Morgan fingerprint density at radius 1 is 0.761 bits per heavy atom. The van der Waals surface area contributed by atoms with Crippen LogP contribution >= 0.6 is 11.6 Å². The third kappa shape index (κ3) is 15.4. The van der Waals surface area contributed by atoms with E-state index in [9.17, 15) is 32.8 Å². The van der Waals surface area contributed by atoms with Crippen molar-refractivity contribution in [3.63, 3.8) is 0 Å². The summed E-state index contributed by atoms with van der Waals surface area (Å²) in [4.78, 5) is 101. The molecule has 92 heavy (non-hydrogen) atoms. The molecule has 7 aliphatic rings. The molecule has 3 aromatic carbocycles. The van der Waals surface area contributed by atoms with Gasteiger partial charge in [-0.15, -0.1) is 0 Å². The maximum absolute atomic E-state index is 14.4. The normalized spacial score (nSPS) is 21.0. The van der Waals surface area contributed by atoms with E-state index < -0.39 is 28.8 Å². The van der Waals surface area contributed by atoms with Crippen molar-refractivity contribution in [2.75, 3.05) is 103 Å². The number of piperidine rings is 3. The number of likely N-dealkylation sites (tertiary alicyclic amines) is 3. The lowest BCUT2D eigenvalue weighted by Crippen LogP contribution is -2.55. The first kappa shape index (κ1) is 65.0. The minimum absolute atomic E-state index is 0.0206. The van der Waals surface area contributed by atoms with E-state index in [1.54, 1.807) is 28.3 Å². The van der Waals surface area contributed by atoms with Crippen LogP contribution in [0.2, 0.25) is 5.02 Å². The van der Waals surface area contributed by atoms with Crippen molar-refractivity contribution < 1.29 is 42.2 Å². The number of aromatic nitrogens is 3. The Kier molecular flexibility index (Phi) is 20.2. The lowest BCUT2D eigenvalue weighted by atomic mass is 9.83. The van der Waals surface area contributed by atoms with Crippen LogP contribution < -0.4 is 15.5 Å². The summed E-state index contributed by atoms with van der Waals surface area (Å²) in [5.41, 5.74) is 2.39. The Labute approximate surface area is 542 Å². The number of aromatic amines is 1. The molecule has 1 aliphatic carbocycles. The predicted molar refractivity (Wildman–Crippen MR) is 347 cm³/mol. The van der Waals surface area contributed by atoms with Gasteiger partial charge in [-0.1, -0.05) is 61.2 Å². The van der Waals surface area contributed by atoms with Crippen LogP contribution in [-0.4, -0.2) is 207 Å². The summed E-state index contributed by atoms with van der Waals surface area (Å²) in [6.07, 6.45) is 13.4. The van der Waals surface area contributed by atoms with E-state index in [4.69, 9.17) is 26.1 Å². The fraction of sp³-hybridized carbons (Fsp3) is 0.565. The third-order valence-corrected chi connectivity index (χ3v) is 20.2. The molecule has 23 heteroatoms. The van der Waals surface area contributed by atoms with E-state index in [1.807, 2.05) is 79.2 Å². The van der Waals surface area contributed by atoms with Gasteiger partial charge >= 0.3 is 6.09 Å². The van der Waals surface area contributed by atoms with Gasteiger partial charge in [-0.05, 0) is 132 Å². The van der Waals surface area contributed by atoms with Crippen molar-refractivity contribution in [3.8, 4) is 0 Å². The molecule has 7 fully saturated rings. The van der Waals surface area contributed by atoms with Gasteiger partial charge in [0.2, 0.25) is 17.7 Å². The van der Waals surface area contributed by atoms with Gasteiger partial charge in [-0.3, -0.25) is 34.0 Å². The zero-order valence-electron chi connectivity index (χ0n) is 53.3. The van der Waals surface area contributed by atoms with E-state index in [0.29, 0.717) is 94.3 Å². The molecule has 20 nitrogen and oxygen atoms in total. The highest BCUT2D eigenvalue weighted by molar-refractivity contribution is 6.30. The van der Waals surface area contributed by atoms with Crippen LogP contribution in [0.3, 0.4) is 0 Å². The number of amidine groups is 1. The number of hydrogen-bond acceptors (Lipinski definition) is 14. The number of halogens is 3. The molecule has 3 N–H and O–H groups in total. The first-order valence-electron chi connectivity index (χ1n) is 33.3. The van der Waals surface area contributed by atoms with Gasteiger partial charge in [-0.25, -0.2) is 28.4 Å². The molecule has 0 bridgehead atoms. The maximum Gasteiger partial charge on any atom is 0.416 e. The van der Waals surface area contributed by atoms with Crippen molar-refractivity contribution in [2.24, 2.45) is 10.9 Å². The van der Waals surface area contributed by atoms with Gasteiger partial charge in [0, 0.05) is 126 Å². The molecule has 1 unspecified atom stereocenters. The number of anilines is 1. The summed E-state index contributed by atoms with van der Waals surface area (Å²) in [5.74, 6) is 0.285. The SMILES string of the molecule is CC(C)(C)OC(=O)N1C(=NC(CCN2CCN(C(=O)CN3CCC(OC4CCN(C(=O)[C@H](NC(=O)c5ccc(C6CN(C(=O)CNCc7ccc(F)cc7F)C6)cc5)C5CCCCC5)CC4)CC3)CC2)c2ccc(Cl)cc2)C12CCN(c1ncnc3[nH]ccc13)CC2. The zero-order chi connectivity index (χ0) is 64.1. The number of H-pyrrole nitrogens is 1. The van der Waals surface area contributed by atoms with Crippen LogP contribution in [0.25, 0.3) is 11.0 Å². The summed E-state index contributed by atoms with van der Waals surface area (Å²) < 4.78 is 40.0. The average molecular weight is 1280 g/mol. The fourth-order valence-corrected chi connectivity index (χ4v) is 14.6. The van der Waals surface area contributed by atoms with Crippen molar-refractivity contribution in [1.29, 1.82) is 0 Å². The molecule has 492 valence electrons. The second-order valence-electron chi connectivity index (χ2n) is 27.2. The number of rotatable bonds is 19. The Balaban J connectivity index is 0.568. The average Bonchev–Trinajstić information content (AvgIpc) is 1.54. The number of nitrogens with zero attached hydrogens (tertiary/aromatic N) is 10. The minimum atomic E-state index is -0.674. The predicted octanol–water partition coefficient (Wildman–Crippen LogP) is 8.72. The Hall–Kier alpha value is -7.11. The number of amides is 5. The molecule has 6 saturated heterocycles. The van der Waals surface area contributed by atoms with Crippen LogP contribution in [0.15, 0.2) is 90.3 Å². The van der Waals surface area contributed by atoms with Crippen LogP contribution in [0, 0.1) is 17.6 Å². The first-order valence-corrected chi connectivity index (χ1v) is 33.7. The second-order valence-corrected chi connectivity index (χ2v) is 27.7. The molecule has 1 saturated carbocycles. The summed E-state index contributed by atoms with van der Waals surface area (Å²) in [6.45, 7) is 14.9. The Bertz CT molecular complexity index is 3430. The van der Waals surface area contributed by atoms with E-state index in [-0.39, 0.29) is 72.9 Å². The van der Waals surface area contributed by atoms with Crippen molar-refractivity contribution in [1.82, 2.24) is 55.0 Å². The van der Waals surface area contributed by atoms with Crippen LogP contribution in [0.1, 0.15) is 137 Å². The lowest BCUT2D eigenvalue weighted by Gasteiger charge is -2.40. The molecule has 5 aromatic rings. The van der Waals surface area contributed by atoms with Crippen LogP contribution in [-0.2, 0) is 30.4 Å². The van der Waals surface area contributed by atoms with Crippen molar-refractivity contribution in [3.05, 3.63) is 124 Å². The van der Waals surface area contributed by atoms with E-state index in [0.717, 1.165) is 130 Å². The largest absolute Gasteiger partial charge is 0.443 e. The first-order chi connectivity index (χ1) is 44.4. The van der Waals surface area contributed by atoms with Gasteiger partial charge in [0.15, 0.2) is 0 Å². The number of ether oxygens (including phenoxy) is 2. The van der Waals surface area contributed by atoms with Gasteiger partial charge in [0.1, 0.15) is 52.4 Å². The van der Waals surface area contributed by atoms with Gasteiger partial charge in [-0.2, -0.15) is 0 Å². The second kappa shape index (κ2) is 28.6. The fourth-order valence-electron chi connectivity index (χ4n) is 14.5. The molecule has 2 aromatic heterocycles. The Morgan fingerprint density at radius 2 is 1.46 bits per heavy atom. The monoisotopic (exact) mass is 1280 g/mol. The molecular formula is C69H88ClF2N13O7. The molecule has 5 amide bonds. The number of nitrogens with one attached hydrogen (secondary N) is 3. The molecule has 0 radical (unpaired) electrons. The summed E-state index contributed by atoms with van der Waals surface area (Å²) in [7, 11) is 0. The van der Waals surface area contributed by atoms with E-state index >= 15 is 0 Å². The van der Waals surface area contributed by atoms with Gasteiger partial charge < -0.3 is 44.7 Å². The third-order valence-electron chi connectivity index (χ3n) is 20.0. The molecule has 2 atom stereocenters. The van der Waals surface area contributed by atoms with Crippen LogP contribution in [0.4, 0.5) is 19.4 Å². The quantitative estimate of drug-likeness (QED) is 0.0663. The molecule has 1 spiro atoms. The summed E-state index contributed by atoms with van der Waals surface area (Å²) in [6, 6.07) is 19.8. The maximum atomic E-state index is 14.4. The number of carbonyl (C=O) groups excluding carboxylic acids is 5. The van der Waals surface area contributed by atoms with Gasteiger partial charge in [0.25, 0.3) is 5.91 Å². The lowest BCUT2D eigenvalue weighted by molar-refractivity contribution is -0.140. The highest BCUT2D eigenvalue weighted by Gasteiger charge is 2.65. The van der Waals surface area contributed by atoms with Crippen molar-refractivity contribution >= 4 is 64.0 Å².